The molecule has 10 heteroatoms. The first-order valence-corrected chi connectivity index (χ1v) is 8.71. The van der Waals surface area contributed by atoms with Gasteiger partial charge in [-0.25, -0.2) is 4.98 Å². The minimum atomic E-state index is -4.82. The van der Waals surface area contributed by atoms with Gasteiger partial charge in [0, 0.05) is 30.1 Å². The number of benzene rings is 1. The summed E-state index contributed by atoms with van der Waals surface area (Å²) in [4.78, 5) is 20.6. The molecule has 3 aromatic rings. The maximum absolute atomic E-state index is 12.5. The van der Waals surface area contributed by atoms with Crippen molar-refractivity contribution < 1.29 is 22.7 Å². The molecule has 2 heterocycles. The molecule has 0 aliphatic rings. The lowest BCUT2D eigenvalue weighted by Gasteiger charge is -2.13. The number of carbonyl (C=O) groups excluding carboxylic acids is 1. The summed E-state index contributed by atoms with van der Waals surface area (Å²) in [7, 11) is 0. The number of nitrogens with one attached hydrogen (secondary N) is 1. The molecule has 1 amide bonds. The number of hydrogen-bond acceptors (Lipinski definition) is 5. The lowest BCUT2D eigenvalue weighted by molar-refractivity contribution is -0.274. The summed E-state index contributed by atoms with van der Waals surface area (Å²) in [5, 5.41) is 3.05. The predicted molar refractivity (Wildman–Crippen MR) is 94.7 cm³/mol. The lowest BCUT2D eigenvalue weighted by atomic mass is 10.2. The van der Waals surface area contributed by atoms with Gasteiger partial charge in [-0.3, -0.25) is 9.78 Å². The molecule has 0 fully saturated rings. The largest absolute Gasteiger partial charge is 0.573 e. The number of thiazole rings is 1. The molecule has 140 valence electrons. The summed E-state index contributed by atoms with van der Waals surface area (Å²) < 4.78 is 41.4. The molecular weight excluding hydrogens is 403 g/mol. The van der Waals surface area contributed by atoms with Crippen LogP contribution in [-0.4, -0.2) is 22.2 Å². The van der Waals surface area contributed by atoms with Crippen molar-refractivity contribution in [3.05, 3.63) is 64.4 Å². The van der Waals surface area contributed by atoms with Gasteiger partial charge in [-0.15, -0.1) is 24.5 Å². The maximum Gasteiger partial charge on any atom is 0.573 e. The van der Waals surface area contributed by atoms with Gasteiger partial charge in [-0.2, -0.15) is 0 Å². The SMILES string of the molecule is O=C(NCc1ccccc1OC(F)(F)F)c1sc(-c2cccnc2)nc1Cl. The number of alkyl halides is 3. The Morgan fingerprint density at radius 1 is 1.22 bits per heavy atom. The Balaban J connectivity index is 1.73. The number of halogens is 4. The molecule has 0 aliphatic carbocycles. The van der Waals surface area contributed by atoms with Gasteiger partial charge in [0.05, 0.1) is 0 Å². The monoisotopic (exact) mass is 413 g/mol. The van der Waals surface area contributed by atoms with E-state index in [9.17, 15) is 18.0 Å². The van der Waals surface area contributed by atoms with Crippen LogP contribution in [0.2, 0.25) is 5.15 Å². The molecule has 0 spiro atoms. The number of ether oxygens (including phenoxy) is 1. The van der Waals surface area contributed by atoms with Crippen LogP contribution in [0.4, 0.5) is 13.2 Å². The Bertz CT molecular complexity index is 948. The first kappa shape index (κ1) is 19.1. The Labute approximate surface area is 160 Å². The van der Waals surface area contributed by atoms with Gasteiger partial charge in [0.15, 0.2) is 5.15 Å². The van der Waals surface area contributed by atoms with Crippen molar-refractivity contribution in [1.82, 2.24) is 15.3 Å². The van der Waals surface area contributed by atoms with E-state index in [4.69, 9.17) is 11.6 Å². The topological polar surface area (TPSA) is 64.1 Å². The average molecular weight is 414 g/mol. The summed E-state index contributed by atoms with van der Waals surface area (Å²) in [6.07, 6.45) is -1.63. The smallest absolute Gasteiger partial charge is 0.405 e. The highest BCUT2D eigenvalue weighted by molar-refractivity contribution is 7.17. The van der Waals surface area contributed by atoms with E-state index in [1.165, 1.54) is 18.2 Å². The van der Waals surface area contributed by atoms with E-state index in [1.54, 1.807) is 30.6 Å². The fourth-order valence-electron chi connectivity index (χ4n) is 2.18. The summed E-state index contributed by atoms with van der Waals surface area (Å²) in [5.41, 5.74) is 0.878. The van der Waals surface area contributed by atoms with Crippen molar-refractivity contribution in [2.45, 2.75) is 12.9 Å². The normalized spacial score (nSPS) is 11.3. The summed E-state index contributed by atoms with van der Waals surface area (Å²) >= 11 is 7.10. The van der Waals surface area contributed by atoms with Gasteiger partial charge in [-0.1, -0.05) is 29.8 Å². The third-order valence-corrected chi connectivity index (χ3v) is 4.83. The predicted octanol–water partition coefficient (Wildman–Crippen LogP) is 4.69. The number of para-hydroxylation sites is 1. The van der Waals surface area contributed by atoms with Crippen LogP contribution >= 0.6 is 22.9 Å². The van der Waals surface area contributed by atoms with Crippen LogP contribution in [0.25, 0.3) is 10.6 Å². The molecule has 0 radical (unpaired) electrons. The second-order valence-electron chi connectivity index (χ2n) is 5.22. The second kappa shape index (κ2) is 7.93. The standard InChI is InChI=1S/C17H11ClF3N3O2S/c18-14-13(27-16(24-14)11-5-3-7-22-8-11)15(25)23-9-10-4-1-2-6-12(10)26-17(19,20)21/h1-8H,9H2,(H,23,25). The molecule has 3 rings (SSSR count). The molecule has 1 aromatic carbocycles. The van der Waals surface area contributed by atoms with Gasteiger partial charge in [0.2, 0.25) is 0 Å². The van der Waals surface area contributed by atoms with Crippen LogP contribution in [0.3, 0.4) is 0 Å². The minimum Gasteiger partial charge on any atom is -0.405 e. The number of amides is 1. The maximum atomic E-state index is 12.5. The van der Waals surface area contributed by atoms with Crippen molar-refractivity contribution in [3.8, 4) is 16.3 Å². The summed E-state index contributed by atoms with van der Waals surface area (Å²) in [6.45, 7) is -0.165. The Morgan fingerprint density at radius 3 is 2.70 bits per heavy atom. The minimum absolute atomic E-state index is 0.0104. The number of pyridine rings is 1. The van der Waals surface area contributed by atoms with Gasteiger partial charge in [-0.05, 0) is 18.2 Å². The van der Waals surface area contributed by atoms with E-state index < -0.39 is 12.3 Å². The second-order valence-corrected chi connectivity index (χ2v) is 6.58. The Hall–Kier alpha value is -2.65. The van der Waals surface area contributed by atoms with Crippen molar-refractivity contribution in [2.24, 2.45) is 0 Å². The molecule has 27 heavy (non-hydrogen) atoms. The molecule has 0 saturated carbocycles. The van der Waals surface area contributed by atoms with E-state index in [-0.39, 0.29) is 27.9 Å². The summed E-state index contributed by atoms with van der Waals surface area (Å²) in [5.74, 6) is -0.925. The van der Waals surface area contributed by atoms with E-state index in [1.807, 2.05) is 0 Å². The van der Waals surface area contributed by atoms with Crippen LogP contribution in [0.15, 0.2) is 48.8 Å². The zero-order valence-corrected chi connectivity index (χ0v) is 15.0. The molecule has 0 bridgehead atoms. The third-order valence-electron chi connectivity index (χ3n) is 3.34. The third kappa shape index (κ3) is 4.95. The molecule has 0 aliphatic heterocycles. The van der Waals surface area contributed by atoms with Crippen LogP contribution in [0.5, 0.6) is 5.75 Å². The number of rotatable bonds is 5. The highest BCUT2D eigenvalue weighted by atomic mass is 35.5. The van der Waals surface area contributed by atoms with Gasteiger partial charge < -0.3 is 10.1 Å². The number of carbonyl (C=O) groups is 1. The molecule has 2 aromatic heterocycles. The highest BCUT2D eigenvalue weighted by Crippen LogP contribution is 2.31. The molecule has 0 atom stereocenters. The van der Waals surface area contributed by atoms with Crippen LogP contribution < -0.4 is 10.1 Å². The lowest BCUT2D eigenvalue weighted by Crippen LogP contribution is -2.24. The van der Waals surface area contributed by atoms with E-state index in [2.05, 4.69) is 20.0 Å². The Kier molecular flexibility index (Phi) is 5.62. The fraction of sp³-hybridized carbons (Fsp3) is 0.118. The zero-order valence-electron chi connectivity index (χ0n) is 13.5. The highest BCUT2D eigenvalue weighted by Gasteiger charge is 2.32. The fourth-order valence-corrected chi connectivity index (χ4v) is 3.38. The average Bonchev–Trinajstić information content (AvgIpc) is 3.02. The molecule has 0 saturated heterocycles. The zero-order chi connectivity index (χ0) is 19.4. The quantitative estimate of drug-likeness (QED) is 0.659. The van der Waals surface area contributed by atoms with Crippen molar-refractivity contribution in [3.63, 3.8) is 0 Å². The number of nitrogens with zero attached hydrogens (tertiary/aromatic N) is 2. The van der Waals surface area contributed by atoms with Crippen LogP contribution in [0.1, 0.15) is 15.2 Å². The molecular formula is C17H11ClF3N3O2S. The molecule has 5 nitrogen and oxygen atoms in total. The van der Waals surface area contributed by atoms with E-state index in [0.717, 1.165) is 11.3 Å². The van der Waals surface area contributed by atoms with Crippen molar-refractivity contribution in [2.75, 3.05) is 0 Å². The Morgan fingerprint density at radius 2 is 2.00 bits per heavy atom. The van der Waals surface area contributed by atoms with E-state index >= 15 is 0 Å². The molecule has 1 N–H and O–H groups in total. The molecule has 0 unspecified atom stereocenters. The van der Waals surface area contributed by atoms with Gasteiger partial charge >= 0.3 is 6.36 Å². The number of aromatic nitrogens is 2. The van der Waals surface area contributed by atoms with E-state index in [0.29, 0.717) is 10.6 Å². The first-order chi connectivity index (χ1) is 12.8. The number of hydrogen-bond donors (Lipinski definition) is 1. The van der Waals surface area contributed by atoms with Crippen LogP contribution in [0, 0.1) is 0 Å². The van der Waals surface area contributed by atoms with Crippen LogP contribution in [-0.2, 0) is 6.54 Å². The van der Waals surface area contributed by atoms with Gasteiger partial charge in [0.25, 0.3) is 5.91 Å². The first-order valence-electron chi connectivity index (χ1n) is 7.52. The van der Waals surface area contributed by atoms with Crippen molar-refractivity contribution in [1.29, 1.82) is 0 Å². The van der Waals surface area contributed by atoms with Crippen molar-refractivity contribution >= 4 is 28.8 Å². The summed E-state index contributed by atoms with van der Waals surface area (Å²) in [6, 6.07) is 9.06. The van der Waals surface area contributed by atoms with Gasteiger partial charge in [0.1, 0.15) is 15.6 Å².